The minimum atomic E-state index is -0.255. The van der Waals surface area contributed by atoms with E-state index in [1.54, 1.807) is 12.4 Å². The average Bonchev–Trinajstić information content (AvgIpc) is 3.24. The molecule has 3 fully saturated rings. The maximum atomic E-state index is 12.8. The summed E-state index contributed by atoms with van der Waals surface area (Å²) in [7, 11) is 0. The van der Waals surface area contributed by atoms with Gasteiger partial charge in [-0.2, -0.15) is 0 Å². The number of aromatic nitrogens is 2. The second-order valence-corrected chi connectivity index (χ2v) is 7.03. The summed E-state index contributed by atoms with van der Waals surface area (Å²) in [6.07, 6.45) is 6.09. The Morgan fingerprint density at radius 1 is 1.21 bits per heavy atom. The first-order valence-electron chi connectivity index (χ1n) is 8.76. The van der Waals surface area contributed by atoms with Gasteiger partial charge in [0.25, 0.3) is 5.91 Å². The fourth-order valence-corrected chi connectivity index (χ4v) is 3.96. The lowest BCUT2D eigenvalue weighted by molar-refractivity contribution is -0.141. The summed E-state index contributed by atoms with van der Waals surface area (Å²) >= 11 is 0. The van der Waals surface area contributed by atoms with Gasteiger partial charge in [0, 0.05) is 50.6 Å². The molecule has 7 nitrogen and oxygen atoms in total. The molecule has 7 heteroatoms. The van der Waals surface area contributed by atoms with Gasteiger partial charge in [-0.1, -0.05) is 0 Å². The van der Waals surface area contributed by atoms with Crippen molar-refractivity contribution in [2.45, 2.75) is 25.4 Å². The molecule has 0 N–H and O–H groups in total. The summed E-state index contributed by atoms with van der Waals surface area (Å²) < 4.78 is 11.4. The molecular formula is C17H24N4O3. The highest BCUT2D eigenvalue weighted by molar-refractivity contribution is 5.81. The number of anilines is 1. The van der Waals surface area contributed by atoms with Crippen LogP contribution < -0.4 is 4.90 Å². The third kappa shape index (κ3) is 3.10. The predicted molar refractivity (Wildman–Crippen MR) is 87.7 cm³/mol. The molecule has 130 valence electrons. The summed E-state index contributed by atoms with van der Waals surface area (Å²) in [4.78, 5) is 25.6. The van der Waals surface area contributed by atoms with Gasteiger partial charge < -0.3 is 19.3 Å². The molecule has 3 aliphatic rings. The Bertz CT molecular complexity index is 578. The fraction of sp³-hybridized carbons (Fsp3) is 0.706. The second kappa shape index (κ2) is 6.64. The molecule has 0 aromatic carbocycles. The van der Waals surface area contributed by atoms with E-state index >= 15 is 0 Å². The minimum Gasteiger partial charge on any atom is -0.379 e. The van der Waals surface area contributed by atoms with Crippen molar-refractivity contribution in [1.82, 2.24) is 14.9 Å². The summed E-state index contributed by atoms with van der Waals surface area (Å²) in [5.41, 5.74) is -0.0377. The van der Waals surface area contributed by atoms with Crippen LogP contribution in [0.3, 0.4) is 0 Å². The molecule has 3 aliphatic heterocycles. The Hall–Kier alpha value is -1.73. The van der Waals surface area contributed by atoms with Crippen LogP contribution in [0, 0.1) is 5.41 Å². The van der Waals surface area contributed by atoms with E-state index in [9.17, 15) is 4.79 Å². The lowest BCUT2D eigenvalue weighted by atomic mass is 9.87. The van der Waals surface area contributed by atoms with Crippen molar-refractivity contribution >= 4 is 11.9 Å². The Balaban J connectivity index is 1.47. The van der Waals surface area contributed by atoms with Gasteiger partial charge in [-0.15, -0.1) is 0 Å². The number of carbonyl (C=O) groups excluding carboxylic acids is 1. The first kappa shape index (κ1) is 15.8. The molecule has 0 unspecified atom stereocenters. The van der Waals surface area contributed by atoms with Crippen molar-refractivity contribution in [2.75, 3.05) is 50.9 Å². The third-order valence-corrected chi connectivity index (χ3v) is 5.23. The van der Waals surface area contributed by atoms with Gasteiger partial charge in [-0.25, -0.2) is 9.97 Å². The zero-order chi connectivity index (χ0) is 16.4. The summed E-state index contributed by atoms with van der Waals surface area (Å²) in [5.74, 6) is 0.891. The summed E-state index contributed by atoms with van der Waals surface area (Å²) in [6, 6.07) is 1.83. The van der Waals surface area contributed by atoms with Gasteiger partial charge >= 0.3 is 0 Å². The Labute approximate surface area is 142 Å². The zero-order valence-corrected chi connectivity index (χ0v) is 13.9. The predicted octanol–water partition coefficient (Wildman–Crippen LogP) is 0.711. The molecule has 3 saturated heterocycles. The van der Waals surface area contributed by atoms with Crippen molar-refractivity contribution in [3.63, 3.8) is 0 Å². The van der Waals surface area contributed by atoms with E-state index < -0.39 is 0 Å². The molecule has 1 aromatic rings. The molecular weight excluding hydrogens is 308 g/mol. The number of ether oxygens (including phenoxy) is 2. The molecule has 24 heavy (non-hydrogen) atoms. The van der Waals surface area contributed by atoms with Gasteiger partial charge in [-0.3, -0.25) is 4.79 Å². The van der Waals surface area contributed by atoms with E-state index in [0.717, 1.165) is 44.8 Å². The largest absolute Gasteiger partial charge is 0.379 e. The Morgan fingerprint density at radius 3 is 2.88 bits per heavy atom. The van der Waals surface area contributed by atoms with Crippen LogP contribution in [-0.4, -0.2) is 72.9 Å². The molecule has 1 spiro atoms. The van der Waals surface area contributed by atoms with Crippen LogP contribution in [0.4, 0.5) is 5.95 Å². The quantitative estimate of drug-likeness (QED) is 0.795. The highest BCUT2D eigenvalue weighted by atomic mass is 16.5. The summed E-state index contributed by atoms with van der Waals surface area (Å²) in [6.45, 7) is 5.09. The topological polar surface area (TPSA) is 67.8 Å². The SMILES string of the molecule is O=C([C@@H]1CCCO1)N1CCOC[C@]2(CCN(c3ncccn3)C2)C1. The number of rotatable bonds is 2. The molecule has 1 aromatic heterocycles. The van der Waals surface area contributed by atoms with Crippen LogP contribution in [0.25, 0.3) is 0 Å². The molecule has 0 bridgehead atoms. The number of carbonyl (C=O) groups is 1. The average molecular weight is 332 g/mol. The van der Waals surface area contributed by atoms with Gasteiger partial charge in [0.05, 0.1) is 13.2 Å². The first-order chi connectivity index (χ1) is 11.8. The fourth-order valence-electron chi connectivity index (χ4n) is 3.96. The Kier molecular flexibility index (Phi) is 4.37. The van der Waals surface area contributed by atoms with E-state index in [1.807, 2.05) is 11.0 Å². The molecule has 0 aliphatic carbocycles. The van der Waals surface area contributed by atoms with Crippen LogP contribution in [0.15, 0.2) is 18.5 Å². The van der Waals surface area contributed by atoms with Crippen molar-refractivity contribution in [1.29, 1.82) is 0 Å². The van der Waals surface area contributed by atoms with Crippen LogP contribution in [0.5, 0.6) is 0 Å². The second-order valence-electron chi connectivity index (χ2n) is 7.03. The molecule has 2 atom stereocenters. The highest BCUT2D eigenvalue weighted by Gasteiger charge is 2.44. The van der Waals surface area contributed by atoms with Gasteiger partial charge in [0.2, 0.25) is 5.95 Å². The van der Waals surface area contributed by atoms with E-state index in [1.165, 1.54) is 0 Å². The van der Waals surface area contributed by atoms with Crippen molar-refractivity contribution in [3.05, 3.63) is 18.5 Å². The lowest BCUT2D eigenvalue weighted by Crippen LogP contribution is -2.46. The summed E-state index contributed by atoms with van der Waals surface area (Å²) in [5, 5.41) is 0. The maximum absolute atomic E-state index is 12.8. The standard InChI is InChI=1S/C17H24N4O3/c22-15(14-3-1-9-24-14)20-8-10-23-13-17(11-20)4-7-21(12-17)16-18-5-2-6-19-16/h2,5-6,14H,1,3-4,7-13H2/t14-,17+/m0/s1. The zero-order valence-electron chi connectivity index (χ0n) is 13.9. The van der Waals surface area contributed by atoms with E-state index in [2.05, 4.69) is 14.9 Å². The van der Waals surface area contributed by atoms with E-state index in [-0.39, 0.29) is 17.4 Å². The van der Waals surface area contributed by atoms with Crippen LogP contribution in [0.1, 0.15) is 19.3 Å². The number of hydrogen-bond acceptors (Lipinski definition) is 6. The number of nitrogens with zero attached hydrogens (tertiary/aromatic N) is 4. The monoisotopic (exact) mass is 332 g/mol. The van der Waals surface area contributed by atoms with Crippen molar-refractivity contribution in [3.8, 4) is 0 Å². The molecule has 4 rings (SSSR count). The van der Waals surface area contributed by atoms with Crippen molar-refractivity contribution < 1.29 is 14.3 Å². The minimum absolute atomic E-state index is 0.0377. The third-order valence-electron chi connectivity index (χ3n) is 5.23. The van der Waals surface area contributed by atoms with Crippen LogP contribution in [-0.2, 0) is 14.3 Å². The van der Waals surface area contributed by atoms with Crippen molar-refractivity contribution in [2.24, 2.45) is 5.41 Å². The van der Waals surface area contributed by atoms with Gasteiger partial charge in [0.15, 0.2) is 0 Å². The maximum Gasteiger partial charge on any atom is 0.251 e. The van der Waals surface area contributed by atoms with Gasteiger partial charge in [-0.05, 0) is 25.3 Å². The number of amides is 1. The highest BCUT2D eigenvalue weighted by Crippen LogP contribution is 2.35. The lowest BCUT2D eigenvalue weighted by Gasteiger charge is -2.32. The molecule has 0 saturated carbocycles. The smallest absolute Gasteiger partial charge is 0.251 e. The molecule has 1 amide bonds. The van der Waals surface area contributed by atoms with Crippen LogP contribution >= 0.6 is 0 Å². The normalized spacial score (nSPS) is 30.8. The molecule has 0 radical (unpaired) electrons. The van der Waals surface area contributed by atoms with Crippen LogP contribution in [0.2, 0.25) is 0 Å². The Morgan fingerprint density at radius 2 is 2.08 bits per heavy atom. The van der Waals surface area contributed by atoms with E-state index in [4.69, 9.17) is 9.47 Å². The number of hydrogen-bond donors (Lipinski definition) is 0. The first-order valence-corrected chi connectivity index (χ1v) is 8.76. The van der Waals surface area contributed by atoms with E-state index in [0.29, 0.717) is 26.4 Å². The molecule has 4 heterocycles. The van der Waals surface area contributed by atoms with Gasteiger partial charge in [0.1, 0.15) is 6.10 Å².